The summed E-state index contributed by atoms with van der Waals surface area (Å²) in [4.78, 5) is 14.9. The topological polar surface area (TPSA) is 64.4 Å². The van der Waals surface area contributed by atoms with E-state index < -0.39 is 0 Å². The van der Waals surface area contributed by atoms with E-state index in [0.717, 1.165) is 5.56 Å². The molecule has 0 unspecified atom stereocenters. The van der Waals surface area contributed by atoms with E-state index in [4.69, 9.17) is 9.84 Å². The third-order valence-electron chi connectivity index (χ3n) is 1.70. The Morgan fingerprint density at radius 2 is 2.36 bits per heavy atom. The summed E-state index contributed by atoms with van der Waals surface area (Å²) >= 11 is 0. The number of aryl methyl sites for hydroxylation is 1. The van der Waals surface area contributed by atoms with Gasteiger partial charge in [0.2, 0.25) is 0 Å². The van der Waals surface area contributed by atoms with Crippen molar-refractivity contribution in [2.75, 3.05) is 19.8 Å². The fourth-order valence-electron chi connectivity index (χ4n) is 1.06. The smallest absolute Gasteiger partial charge is 0.347 e. The lowest BCUT2D eigenvalue weighted by Gasteiger charge is -2.05. The summed E-state index contributed by atoms with van der Waals surface area (Å²) in [5, 5.41) is 8.46. The van der Waals surface area contributed by atoms with Crippen LogP contribution in [-0.4, -0.2) is 34.5 Å². The summed E-state index contributed by atoms with van der Waals surface area (Å²) in [5.41, 5.74) is 0.662. The van der Waals surface area contributed by atoms with Crippen molar-refractivity contribution in [1.29, 1.82) is 0 Å². The molecule has 0 saturated heterocycles. The number of aromatic nitrogens is 2. The Bertz CT molecular complexity index is 335. The molecule has 1 aromatic heterocycles. The predicted octanol–water partition coefficient (Wildman–Crippen LogP) is -0.439. The van der Waals surface area contributed by atoms with E-state index in [1.807, 2.05) is 6.92 Å². The van der Waals surface area contributed by atoms with E-state index in [1.165, 1.54) is 10.8 Å². The third kappa shape index (κ3) is 3.27. The maximum atomic E-state index is 11.2. The molecule has 0 amide bonds. The molecule has 1 rings (SSSR count). The van der Waals surface area contributed by atoms with E-state index in [9.17, 15) is 4.79 Å². The highest BCUT2D eigenvalue weighted by molar-refractivity contribution is 4.99. The summed E-state index contributed by atoms with van der Waals surface area (Å²) in [7, 11) is 0. The van der Waals surface area contributed by atoms with Gasteiger partial charge < -0.3 is 9.84 Å². The van der Waals surface area contributed by atoms with Crippen LogP contribution in [0.5, 0.6) is 0 Å². The molecule has 1 heterocycles. The van der Waals surface area contributed by atoms with Crippen molar-refractivity contribution < 1.29 is 9.84 Å². The fourth-order valence-corrected chi connectivity index (χ4v) is 1.06. The number of hydrogen-bond donors (Lipinski definition) is 1. The number of hydrogen-bond acceptors (Lipinski definition) is 4. The zero-order chi connectivity index (χ0) is 10.4. The second kappa shape index (κ2) is 5.51. The Hall–Kier alpha value is -1.20. The van der Waals surface area contributed by atoms with Crippen LogP contribution in [0.4, 0.5) is 0 Å². The normalized spacial score (nSPS) is 10.4. The van der Waals surface area contributed by atoms with Crippen LogP contribution in [0.2, 0.25) is 0 Å². The van der Waals surface area contributed by atoms with Gasteiger partial charge in [-0.2, -0.15) is 0 Å². The molecule has 0 atom stereocenters. The first-order valence-corrected chi connectivity index (χ1v) is 4.45. The first kappa shape index (κ1) is 10.9. The molecule has 0 radical (unpaired) electrons. The zero-order valence-electron chi connectivity index (χ0n) is 8.14. The highest BCUT2D eigenvalue weighted by Gasteiger charge is 1.96. The molecule has 0 aliphatic rings. The van der Waals surface area contributed by atoms with E-state index >= 15 is 0 Å². The quantitative estimate of drug-likeness (QED) is 0.651. The van der Waals surface area contributed by atoms with Gasteiger partial charge in [0.15, 0.2) is 0 Å². The predicted molar refractivity (Wildman–Crippen MR) is 51.1 cm³/mol. The lowest BCUT2D eigenvalue weighted by molar-refractivity contribution is 0.0863. The minimum atomic E-state index is -0.275. The van der Waals surface area contributed by atoms with Gasteiger partial charge in [-0.05, 0) is 12.5 Å². The van der Waals surface area contributed by atoms with E-state index in [1.54, 1.807) is 6.20 Å². The van der Waals surface area contributed by atoms with Gasteiger partial charge in [-0.15, -0.1) is 0 Å². The van der Waals surface area contributed by atoms with Gasteiger partial charge in [0.1, 0.15) is 0 Å². The average Bonchev–Trinajstić information content (AvgIpc) is 2.18. The number of aliphatic hydroxyl groups excluding tert-OH is 1. The lowest BCUT2D eigenvalue weighted by atomic mass is 10.4. The summed E-state index contributed by atoms with van der Waals surface area (Å²) in [6.45, 7) is 3.05. The fraction of sp³-hybridized carbons (Fsp3) is 0.556. The van der Waals surface area contributed by atoms with Crippen molar-refractivity contribution in [3.8, 4) is 0 Å². The maximum absolute atomic E-state index is 11.2. The maximum Gasteiger partial charge on any atom is 0.347 e. The first-order chi connectivity index (χ1) is 6.74. The molecular weight excluding hydrogens is 184 g/mol. The van der Waals surface area contributed by atoms with Crippen LogP contribution in [0, 0.1) is 6.92 Å². The van der Waals surface area contributed by atoms with Gasteiger partial charge in [-0.3, -0.25) is 4.57 Å². The second-order valence-corrected chi connectivity index (χ2v) is 2.94. The largest absolute Gasteiger partial charge is 0.394 e. The zero-order valence-corrected chi connectivity index (χ0v) is 8.14. The summed E-state index contributed by atoms with van der Waals surface area (Å²) < 4.78 is 6.54. The first-order valence-electron chi connectivity index (χ1n) is 4.45. The Kier molecular flexibility index (Phi) is 4.28. The highest BCUT2D eigenvalue weighted by atomic mass is 16.5. The van der Waals surface area contributed by atoms with Crippen molar-refractivity contribution in [2.45, 2.75) is 13.5 Å². The number of aliphatic hydroxyl groups is 1. The molecule has 0 saturated carbocycles. The van der Waals surface area contributed by atoms with Crippen molar-refractivity contribution >= 4 is 0 Å². The Balaban J connectivity index is 2.49. The van der Waals surface area contributed by atoms with E-state index in [-0.39, 0.29) is 12.3 Å². The second-order valence-electron chi connectivity index (χ2n) is 2.94. The SMILES string of the molecule is Cc1cnc(=O)n(CCOCCO)c1. The monoisotopic (exact) mass is 198 g/mol. The van der Waals surface area contributed by atoms with Crippen LogP contribution in [0.1, 0.15) is 5.56 Å². The van der Waals surface area contributed by atoms with Gasteiger partial charge in [-0.25, -0.2) is 9.78 Å². The molecule has 0 bridgehead atoms. The number of nitrogens with zero attached hydrogens (tertiary/aromatic N) is 2. The molecule has 0 spiro atoms. The molecule has 0 aliphatic heterocycles. The number of ether oxygens (including phenoxy) is 1. The standard InChI is InChI=1S/C9H14N2O3/c1-8-6-10-9(13)11(7-8)2-4-14-5-3-12/h6-7,12H,2-5H2,1H3. The summed E-state index contributed by atoms with van der Waals surface area (Å²) in [6.07, 6.45) is 3.27. The lowest BCUT2D eigenvalue weighted by Crippen LogP contribution is -2.24. The molecule has 0 fully saturated rings. The van der Waals surface area contributed by atoms with Crippen molar-refractivity contribution in [3.63, 3.8) is 0 Å². The minimum Gasteiger partial charge on any atom is -0.394 e. The van der Waals surface area contributed by atoms with Crippen LogP contribution in [0.3, 0.4) is 0 Å². The number of rotatable bonds is 5. The molecule has 1 aromatic rings. The minimum absolute atomic E-state index is 0.000959. The Labute approximate surface area is 82.0 Å². The van der Waals surface area contributed by atoms with Gasteiger partial charge in [-0.1, -0.05) is 0 Å². The van der Waals surface area contributed by atoms with Crippen molar-refractivity contribution in [3.05, 3.63) is 28.4 Å². The molecule has 1 N–H and O–H groups in total. The van der Waals surface area contributed by atoms with E-state index in [0.29, 0.717) is 19.8 Å². The van der Waals surface area contributed by atoms with Crippen molar-refractivity contribution in [1.82, 2.24) is 9.55 Å². The third-order valence-corrected chi connectivity index (χ3v) is 1.70. The molecule has 5 nitrogen and oxygen atoms in total. The van der Waals surface area contributed by atoms with Gasteiger partial charge in [0, 0.05) is 12.4 Å². The van der Waals surface area contributed by atoms with Crippen LogP contribution in [0.25, 0.3) is 0 Å². The van der Waals surface area contributed by atoms with Crippen LogP contribution in [0.15, 0.2) is 17.2 Å². The molecule has 5 heteroatoms. The van der Waals surface area contributed by atoms with E-state index in [2.05, 4.69) is 4.98 Å². The summed E-state index contributed by atoms with van der Waals surface area (Å²) in [5.74, 6) is 0. The van der Waals surface area contributed by atoms with Crippen molar-refractivity contribution in [2.24, 2.45) is 0 Å². The summed E-state index contributed by atoms with van der Waals surface area (Å²) in [6, 6.07) is 0. The molecule has 0 aromatic carbocycles. The van der Waals surface area contributed by atoms with Crippen LogP contribution in [-0.2, 0) is 11.3 Å². The molecule has 78 valence electrons. The Morgan fingerprint density at radius 3 is 3.07 bits per heavy atom. The molecule has 0 aliphatic carbocycles. The highest BCUT2D eigenvalue weighted by Crippen LogP contribution is 1.89. The van der Waals surface area contributed by atoms with Gasteiger partial charge in [0.25, 0.3) is 0 Å². The average molecular weight is 198 g/mol. The molecular formula is C9H14N2O3. The molecule has 14 heavy (non-hydrogen) atoms. The Morgan fingerprint density at radius 1 is 1.57 bits per heavy atom. The van der Waals surface area contributed by atoms with Gasteiger partial charge in [0.05, 0.1) is 26.4 Å². The van der Waals surface area contributed by atoms with Gasteiger partial charge >= 0.3 is 5.69 Å². The van der Waals surface area contributed by atoms with Crippen LogP contribution < -0.4 is 5.69 Å². The van der Waals surface area contributed by atoms with Crippen LogP contribution >= 0.6 is 0 Å².